The summed E-state index contributed by atoms with van der Waals surface area (Å²) in [4.78, 5) is 11.4. The fraction of sp³-hybridized carbons (Fsp3) is 0.562. The topological polar surface area (TPSA) is 80.7 Å². The van der Waals surface area contributed by atoms with Crippen LogP contribution in [0.15, 0.2) is 30.3 Å². The summed E-state index contributed by atoms with van der Waals surface area (Å²) in [6.45, 7) is 6.17. The highest BCUT2D eigenvalue weighted by molar-refractivity contribution is 7.85. The number of carbonyl (C=O) groups excluding carboxylic acids is 1. The van der Waals surface area contributed by atoms with E-state index in [-0.39, 0.29) is 11.9 Å². The first-order valence-corrected chi connectivity index (χ1v) is 10.4. The van der Waals surface area contributed by atoms with Crippen LogP contribution in [0.1, 0.15) is 32.3 Å². The Morgan fingerprint density at radius 3 is 2.17 bits per heavy atom. The first-order chi connectivity index (χ1) is 10.7. The van der Waals surface area contributed by atoms with E-state index in [4.69, 9.17) is 9.29 Å². The summed E-state index contributed by atoms with van der Waals surface area (Å²) >= 11 is 0. The Morgan fingerprint density at radius 2 is 1.74 bits per heavy atom. The molecule has 7 heteroatoms. The van der Waals surface area contributed by atoms with Gasteiger partial charge in [-0.3, -0.25) is 9.35 Å². The van der Waals surface area contributed by atoms with Crippen LogP contribution in [0.2, 0.25) is 0 Å². The Balaban J connectivity index is 0. The first kappa shape index (κ1) is 24.3. The molecule has 0 heterocycles. The van der Waals surface area contributed by atoms with Crippen LogP contribution in [-0.2, 0) is 26.1 Å². The van der Waals surface area contributed by atoms with E-state index in [1.165, 1.54) is 5.56 Å². The summed E-state index contributed by atoms with van der Waals surface area (Å²) < 4.78 is 30.8. The summed E-state index contributed by atoms with van der Waals surface area (Å²) in [6.07, 6.45) is 3.68. The van der Waals surface area contributed by atoms with Crippen LogP contribution in [0.4, 0.5) is 0 Å². The number of benzene rings is 1. The molecular formula is C16H29O5PS. The molecule has 1 N–H and O–H groups in total. The van der Waals surface area contributed by atoms with Crippen molar-refractivity contribution in [2.45, 2.75) is 33.1 Å². The average molecular weight is 364 g/mol. The normalized spacial score (nSPS) is 11.2. The third kappa shape index (κ3) is 19.0. The predicted octanol–water partition coefficient (Wildman–Crippen LogP) is 3.20. The third-order valence-electron chi connectivity index (χ3n) is 2.63. The van der Waals surface area contributed by atoms with Crippen molar-refractivity contribution in [3.8, 4) is 0 Å². The molecule has 0 spiro atoms. The fourth-order valence-electron chi connectivity index (χ4n) is 1.66. The van der Waals surface area contributed by atoms with Crippen molar-refractivity contribution in [2.24, 2.45) is 5.92 Å². The number of aryl methyl sites for hydroxylation is 1. The molecule has 1 rings (SSSR count). The minimum Gasteiger partial charge on any atom is -0.466 e. The van der Waals surface area contributed by atoms with E-state index in [9.17, 15) is 13.2 Å². The lowest BCUT2D eigenvalue weighted by molar-refractivity contribution is -0.147. The van der Waals surface area contributed by atoms with Gasteiger partial charge < -0.3 is 4.74 Å². The molecule has 134 valence electrons. The molecule has 1 aromatic carbocycles. The molecule has 2 unspecified atom stereocenters. The molecule has 2 atom stereocenters. The van der Waals surface area contributed by atoms with Crippen molar-refractivity contribution >= 4 is 25.3 Å². The molecule has 0 radical (unpaired) electrons. The van der Waals surface area contributed by atoms with E-state index in [1.54, 1.807) is 0 Å². The quantitative estimate of drug-likeness (QED) is 0.476. The van der Waals surface area contributed by atoms with Crippen LogP contribution >= 0.6 is 9.24 Å². The van der Waals surface area contributed by atoms with Gasteiger partial charge in [0.15, 0.2) is 0 Å². The van der Waals surface area contributed by atoms with Crippen molar-refractivity contribution in [1.82, 2.24) is 0 Å². The number of rotatable bonds is 6. The van der Waals surface area contributed by atoms with Crippen molar-refractivity contribution in [2.75, 3.05) is 19.5 Å². The van der Waals surface area contributed by atoms with E-state index >= 15 is 0 Å². The number of carbonyl (C=O) groups is 1. The Kier molecular flexibility index (Phi) is 15.4. The maximum Gasteiger partial charge on any atom is 0.308 e. The van der Waals surface area contributed by atoms with Gasteiger partial charge in [-0.2, -0.15) is 8.42 Å². The predicted molar refractivity (Wildman–Crippen MR) is 98.3 cm³/mol. The second-order valence-corrected chi connectivity index (χ2v) is 6.23. The largest absolute Gasteiger partial charge is 0.466 e. The smallest absolute Gasteiger partial charge is 0.308 e. The highest BCUT2D eigenvalue weighted by Gasteiger charge is 2.12. The summed E-state index contributed by atoms with van der Waals surface area (Å²) in [5.41, 5.74) is 1.33. The van der Waals surface area contributed by atoms with Crippen LogP contribution in [0, 0.1) is 5.92 Å². The summed E-state index contributed by atoms with van der Waals surface area (Å²) in [7, 11) is -1.25. The number of hydrogen-bond acceptors (Lipinski definition) is 4. The third-order valence-corrected chi connectivity index (χ3v) is 2.63. The zero-order valence-corrected chi connectivity index (χ0v) is 16.3. The highest BCUT2D eigenvalue weighted by Crippen LogP contribution is 2.11. The number of hydrogen-bond donors (Lipinski definition) is 1. The van der Waals surface area contributed by atoms with E-state index < -0.39 is 10.1 Å². The lowest BCUT2D eigenvalue weighted by atomic mass is 10.0. The van der Waals surface area contributed by atoms with Crippen LogP contribution < -0.4 is 0 Å². The Hall–Kier alpha value is -0.970. The molecule has 0 fully saturated rings. The molecule has 0 saturated carbocycles. The molecule has 23 heavy (non-hydrogen) atoms. The Labute approximate surface area is 142 Å². The van der Waals surface area contributed by atoms with Gasteiger partial charge in [0, 0.05) is 0 Å². The number of esters is 1. The van der Waals surface area contributed by atoms with Crippen molar-refractivity contribution < 1.29 is 22.5 Å². The molecule has 0 bridgehead atoms. The molecule has 0 saturated heterocycles. The minimum atomic E-state index is -3.67. The summed E-state index contributed by atoms with van der Waals surface area (Å²) in [6, 6.07) is 10.4. The van der Waals surface area contributed by atoms with Crippen LogP contribution in [-0.4, -0.2) is 38.5 Å². The van der Waals surface area contributed by atoms with Gasteiger partial charge in [-0.05, 0) is 31.7 Å². The molecule has 0 amide bonds. The van der Waals surface area contributed by atoms with Crippen molar-refractivity contribution in [3.05, 3.63) is 35.9 Å². The van der Waals surface area contributed by atoms with Gasteiger partial charge in [0.2, 0.25) is 0 Å². The van der Waals surface area contributed by atoms with Gasteiger partial charge in [0.05, 0.1) is 18.8 Å². The van der Waals surface area contributed by atoms with Crippen molar-refractivity contribution in [1.29, 1.82) is 0 Å². The molecule has 0 aliphatic carbocycles. The van der Waals surface area contributed by atoms with E-state index in [1.807, 2.05) is 38.7 Å². The average Bonchev–Trinajstić information content (AvgIpc) is 2.49. The van der Waals surface area contributed by atoms with Gasteiger partial charge in [-0.15, -0.1) is 9.24 Å². The number of ether oxygens (including phenoxy) is 1. The highest BCUT2D eigenvalue weighted by atomic mass is 32.2. The van der Waals surface area contributed by atoms with Crippen molar-refractivity contribution in [3.63, 3.8) is 0 Å². The molecule has 0 aromatic heterocycles. The van der Waals surface area contributed by atoms with Crippen LogP contribution in [0.3, 0.4) is 0 Å². The molecular weight excluding hydrogens is 335 g/mol. The fourth-order valence-corrected chi connectivity index (χ4v) is 1.66. The second-order valence-electron chi connectivity index (χ2n) is 4.76. The van der Waals surface area contributed by atoms with Gasteiger partial charge in [0.25, 0.3) is 10.1 Å². The summed E-state index contributed by atoms with van der Waals surface area (Å²) in [5, 5.41) is 0. The standard InChI is InChI=1S/C14H20O2.CH4O3S.CH5P/c1-3-16-14(15)12(2)8-7-11-13-9-5-4-6-10-13;1-5(2,3)4;1-2/h4-6,9-10,12H,3,7-8,11H2,1-2H3;1H3,(H,2,3,4);2H2,1H3. The van der Waals surface area contributed by atoms with Gasteiger partial charge in [0.1, 0.15) is 0 Å². The van der Waals surface area contributed by atoms with E-state index in [2.05, 4.69) is 21.4 Å². The maximum absolute atomic E-state index is 11.4. The van der Waals surface area contributed by atoms with Crippen LogP contribution in [0.25, 0.3) is 0 Å². The van der Waals surface area contributed by atoms with E-state index in [0.717, 1.165) is 19.3 Å². The monoisotopic (exact) mass is 364 g/mol. The molecule has 0 aliphatic heterocycles. The zero-order chi connectivity index (χ0) is 18.3. The SMILES string of the molecule is CCOC(=O)C(C)CCCc1ccccc1.CP.CS(=O)(=O)O. The Morgan fingerprint density at radius 1 is 1.26 bits per heavy atom. The summed E-state index contributed by atoms with van der Waals surface area (Å²) in [5.74, 6) is -0.0563. The maximum atomic E-state index is 11.4. The molecule has 1 aromatic rings. The lowest BCUT2D eigenvalue weighted by Gasteiger charge is -2.09. The lowest BCUT2D eigenvalue weighted by Crippen LogP contribution is -2.14. The Bertz CT molecular complexity index is 494. The van der Waals surface area contributed by atoms with Gasteiger partial charge in [-0.1, -0.05) is 43.9 Å². The van der Waals surface area contributed by atoms with Crippen LogP contribution in [0.5, 0.6) is 0 Å². The second kappa shape index (κ2) is 14.6. The van der Waals surface area contributed by atoms with Gasteiger partial charge in [-0.25, -0.2) is 0 Å². The molecule has 5 nitrogen and oxygen atoms in total. The minimum absolute atomic E-state index is 0.0173. The van der Waals surface area contributed by atoms with Gasteiger partial charge >= 0.3 is 5.97 Å². The molecule has 0 aliphatic rings. The first-order valence-electron chi connectivity index (χ1n) is 7.44. The van der Waals surface area contributed by atoms with E-state index in [0.29, 0.717) is 12.9 Å². The zero-order valence-electron chi connectivity index (χ0n) is 14.4.